The number of nitrogens with one attached hydrogen (secondary N) is 1. The van der Waals surface area contributed by atoms with Gasteiger partial charge in [0.2, 0.25) is 16.1 Å². The summed E-state index contributed by atoms with van der Waals surface area (Å²) in [6, 6.07) is 8.78. The SMILES string of the molecule is CCO.C[C@H](O/N=C1\Cc2cc(-c3ccc(S(=O)(=O)N(C)C)cc3)c3c(c2NC1=O)CN(C)CC3)C(=O)O. The van der Waals surface area contributed by atoms with E-state index in [1.54, 1.807) is 31.2 Å². The number of aliphatic hydroxyl groups excluding tert-OH is 1. The van der Waals surface area contributed by atoms with Gasteiger partial charge in [0, 0.05) is 45.9 Å². The van der Waals surface area contributed by atoms with E-state index in [1.807, 2.05) is 13.1 Å². The van der Waals surface area contributed by atoms with E-state index in [2.05, 4.69) is 15.4 Å². The standard InChI is InChI=1S/C24H28N4O6S.C2H6O/c1-14(24(30)31)34-26-21-12-16-11-19(15-5-7-17(8-6-15)35(32,33)27(2)3)18-9-10-28(4)13-20(18)22(16)25-23(21)29;1-2-3/h5-8,11,14H,9-10,12-13H2,1-4H3,(H,25,29)(H,30,31);3H,2H2,1H3/b26-21+;/t14-;/m0./s1. The Hall–Kier alpha value is -3.32. The molecule has 0 unspecified atom stereocenters. The van der Waals surface area contributed by atoms with E-state index in [1.165, 1.54) is 25.3 Å². The molecule has 1 atom stereocenters. The Labute approximate surface area is 222 Å². The molecule has 1 amide bonds. The molecule has 4 rings (SSSR count). The van der Waals surface area contributed by atoms with Crippen LogP contribution < -0.4 is 5.32 Å². The predicted octanol–water partition coefficient (Wildman–Crippen LogP) is 1.93. The smallest absolute Gasteiger partial charge is 0.347 e. The number of nitrogens with zero attached hydrogens (tertiary/aromatic N) is 3. The summed E-state index contributed by atoms with van der Waals surface area (Å²) in [6.45, 7) is 4.77. The number of likely N-dealkylation sites (N-methyl/N-ethyl adjacent to an activating group) is 1. The van der Waals surface area contributed by atoms with Gasteiger partial charge in [-0.05, 0) is 73.3 Å². The molecule has 0 saturated carbocycles. The van der Waals surface area contributed by atoms with Crippen molar-refractivity contribution in [1.29, 1.82) is 0 Å². The Balaban J connectivity index is 0.00000127. The largest absolute Gasteiger partial charge is 0.478 e. The molecule has 12 heteroatoms. The lowest BCUT2D eigenvalue weighted by molar-refractivity contribution is -0.149. The fraction of sp³-hybridized carbons (Fsp3) is 0.423. The van der Waals surface area contributed by atoms with Gasteiger partial charge in [-0.1, -0.05) is 17.3 Å². The lowest BCUT2D eigenvalue weighted by Gasteiger charge is -2.32. The normalized spacial score (nSPS) is 17.1. The molecular formula is C26H34N4O7S. The molecule has 3 N–H and O–H groups in total. The molecule has 2 aromatic carbocycles. The van der Waals surface area contributed by atoms with Gasteiger partial charge in [0.1, 0.15) is 5.71 Å². The van der Waals surface area contributed by atoms with Crippen molar-refractivity contribution in [1.82, 2.24) is 9.21 Å². The molecule has 0 spiro atoms. The zero-order valence-electron chi connectivity index (χ0n) is 22.2. The zero-order valence-corrected chi connectivity index (χ0v) is 23.0. The molecule has 2 aliphatic heterocycles. The summed E-state index contributed by atoms with van der Waals surface area (Å²) in [4.78, 5) is 31.1. The number of aliphatic hydroxyl groups is 1. The van der Waals surface area contributed by atoms with Crippen LogP contribution >= 0.6 is 0 Å². The molecule has 11 nitrogen and oxygen atoms in total. The molecule has 38 heavy (non-hydrogen) atoms. The van der Waals surface area contributed by atoms with Crippen LogP contribution in [0.15, 0.2) is 40.4 Å². The number of carbonyl (C=O) groups is 2. The van der Waals surface area contributed by atoms with Gasteiger partial charge in [-0.15, -0.1) is 0 Å². The number of sulfonamides is 1. The van der Waals surface area contributed by atoms with Gasteiger partial charge in [-0.2, -0.15) is 0 Å². The number of hydrogen-bond acceptors (Lipinski definition) is 8. The molecule has 0 saturated heterocycles. The van der Waals surface area contributed by atoms with E-state index in [4.69, 9.17) is 15.1 Å². The van der Waals surface area contributed by atoms with E-state index in [9.17, 15) is 18.0 Å². The second-order valence-electron chi connectivity index (χ2n) is 9.29. The first kappa shape index (κ1) is 29.2. The third kappa shape index (κ3) is 6.21. The van der Waals surface area contributed by atoms with Crippen molar-refractivity contribution in [2.24, 2.45) is 5.16 Å². The lowest BCUT2D eigenvalue weighted by Crippen LogP contribution is -2.35. The number of rotatable bonds is 6. The fourth-order valence-corrected chi connectivity index (χ4v) is 5.13. The number of carboxylic acid groups (broad SMARTS) is 1. The summed E-state index contributed by atoms with van der Waals surface area (Å²) in [5.41, 5.74) is 5.65. The molecule has 0 fully saturated rings. The number of amides is 1. The number of carbonyl (C=O) groups excluding carboxylic acids is 1. The van der Waals surface area contributed by atoms with Crippen molar-refractivity contribution < 1.29 is 33.1 Å². The topological polar surface area (TPSA) is 149 Å². The van der Waals surface area contributed by atoms with E-state index in [0.717, 1.165) is 46.5 Å². The minimum atomic E-state index is -3.54. The predicted molar refractivity (Wildman–Crippen MR) is 144 cm³/mol. The van der Waals surface area contributed by atoms with Gasteiger partial charge in [0.05, 0.1) is 4.90 Å². The Bertz CT molecular complexity index is 1340. The number of anilines is 1. The Morgan fingerprint density at radius 2 is 1.87 bits per heavy atom. The van der Waals surface area contributed by atoms with Crippen LogP contribution in [0.25, 0.3) is 11.1 Å². The van der Waals surface area contributed by atoms with Gasteiger partial charge >= 0.3 is 5.97 Å². The summed E-state index contributed by atoms with van der Waals surface area (Å²) in [6.07, 6.45) is -0.214. The average Bonchev–Trinajstić information content (AvgIpc) is 2.87. The zero-order chi connectivity index (χ0) is 28.2. The maximum absolute atomic E-state index is 12.7. The highest BCUT2D eigenvalue weighted by Gasteiger charge is 2.30. The summed E-state index contributed by atoms with van der Waals surface area (Å²) in [5.74, 6) is -1.60. The minimum absolute atomic E-state index is 0.0908. The summed E-state index contributed by atoms with van der Waals surface area (Å²) >= 11 is 0. The first-order valence-electron chi connectivity index (χ1n) is 12.2. The Morgan fingerprint density at radius 3 is 2.45 bits per heavy atom. The van der Waals surface area contributed by atoms with Crippen molar-refractivity contribution in [2.45, 2.75) is 44.2 Å². The van der Waals surface area contributed by atoms with E-state index in [-0.39, 0.29) is 23.6 Å². The highest BCUT2D eigenvalue weighted by molar-refractivity contribution is 7.89. The van der Waals surface area contributed by atoms with Crippen molar-refractivity contribution in [3.8, 4) is 11.1 Å². The number of oxime groups is 1. The third-order valence-corrected chi connectivity index (χ3v) is 8.10. The van der Waals surface area contributed by atoms with Crippen LogP contribution in [0.4, 0.5) is 5.69 Å². The highest BCUT2D eigenvalue weighted by Crippen LogP contribution is 2.39. The van der Waals surface area contributed by atoms with Crippen molar-refractivity contribution in [3.05, 3.63) is 47.0 Å². The maximum Gasteiger partial charge on any atom is 0.347 e. The molecule has 206 valence electrons. The molecule has 0 aromatic heterocycles. The molecule has 2 heterocycles. The second kappa shape index (κ2) is 12.0. The number of hydrogen-bond donors (Lipinski definition) is 3. The quantitative estimate of drug-likeness (QED) is 0.466. The molecule has 2 aliphatic rings. The Kier molecular flexibility index (Phi) is 9.26. The minimum Gasteiger partial charge on any atom is -0.478 e. The fourth-order valence-electron chi connectivity index (χ4n) is 4.23. The van der Waals surface area contributed by atoms with E-state index >= 15 is 0 Å². The molecule has 2 aromatic rings. The van der Waals surface area contributed by atoms with E-state index in [0.29, 0.717) is 6.54 Å². The number of carboxylic acids is 1. The Morgan fingerprint density at radius 1 is 1.24 bits per heavy atom. The summed E-state index contributed by atoms with van der Waals surface area (Å²) in [7, 11) is 1.46. The summed E-state index contributed by atoms with van der Waals surface area (Å²) < 4.78 is 26.1. The molecule has 0 bridgehead atoms. The van der Waals surface area contributed by atoms with Crippen LogP contribution in [-0.2, 0) is 43.8 Å². The van der Waals surface area contributed by atoms with Crippen molar-refractivity contribution in [2.75, 3.05) is 39.6 Å². The summed E-state index contributed by atoms with van der Waals surface area (Å²) in [5, 5.41) is 23.3. The van der Waals surface area contributed by atoms with Crippen LogP contribution in [0, 0.1) is 0 Å². The van der Waals surface area contributed by atoms with Crippen LogP contribution in [-0.4, -0.2) is 85.8 Å². The third-order valence-electron chi connectivity index (χ3n) is 6.27. The van der Waals surface area contributed by atoms with Crippen LogP contribution in [0.1, 0.15) is 30.5 Å². The maximum atomic E-state index is 12.7. The van der Waals surface area contributed by atoms with Crippen molar-refractivity contribution in [3.63, 3.8) is 0 Å². The van der Waals surface area contributed by atoms with Gasteiger partial charge in [-0.25, -0.2) is 17.5 Å². The first-order valence-corrected chi connectivity index (χ1v) is 13.6. The van der Waals surface area contributed by atoms with E-state index < -0.39 is 28.0 Å². The van der Waals surface area contributed by atoms with Gasteiger partial charge < -0.3 is 25.3 Å². The first-order chi connectivity index (χ1) is 17.9. The molecule has 0 aliphatic carbocycles. The van der Waals surface area contributed by atoms with Crippen LogP contribution in [0.2, 0.25) is 0 Å². The highest BCUT2D eigenvalue weighted by atomic mass is 32.2. The second-order valence-corrected chi connectivity index (χ2v) is 11.4. The van der Waals surface area contributed by atoms with Crippen molar-refractivity contribution >= 4 is 33.3 Å². The molecular weight excluding hydrogens is 512 g/mol. The van der Waals surface area contributed by atoms with Gasteiger partial charge in [0.15, 0.2) is 0 Å². The monoisotopic (exact) mass is 546 g/mol. The number of fused-ring (bicyclic) bond motifs is 3. The van der Waals surface area contributed by atoms with Crippen LogP contribution in [0.3, 0.4) is 0 Å². The molecule has 0 radical (unpaired) electrons. The van der Waals surface area contributed by atoms with Gasteiger partial charge in [-0.3, -0.25) is 4.79 Å². The number of benzene rings is 2. The van der Waals surface area contributed by atoms with Crippen LogP contribution in [0.5, 0.6) is 0 Å². The lowest BCUT2D eigenvalue weighted by atomic mass is 9.84. The van der Waals surface area contributed by atoms with Gasteiger partial charge in [0.25, 0.3) is 5.91 Å². The average molecular weight is 547 g/mol. The number of aliphatic carboxylic acids is 1.